The van der Waals surface area contributed by atoms with Crippen LogP contribution in [0.15, 0.2) is 18.3 Å². The molecule has 0 radical (unpaired) electrons. The lowest BCUT2D eigenvalue weighted by atomic mass is 10.1. The van der Waals surface area contributed by atoms with Crippen molar-refractivity contribution in [3.05, 3.63) is 39.6 Å². The fraction of sp³-hybridized carbons (Fsp3) is 0.429. The van der Waals surface area contributed by atoms with E-state index >= 15 is 0 Å². The molecule has 0 saturated heterocycles. The molecule has 0 amide bonds. The Kier molecular flexibility index (Phi) is 4.25. The first-order valence-electron chi connectivity index (χ1n) is 6.38. The van der Waals surface area contributed by atoms with Gasteiger partial charge in [-0.25, -0.2) is 4.68 Å². The van der Waals surface area contributed by atoms with Crippen LogP contribution in [0.4, 0.5) is 5.69 Å². The highest BCUT2D eigenvalue weighted by molar-refractivity contribution is 6.35. The Labute approximate surface area is 129 Å². The van der Waals surface area contributed by atoms with E-state index in [1.165, 1.54) is 0 Å². The SMILES string of the molecule is Cc1cc(Cl)c(NCc2cn(C(C)(C)C)nn2)cc1Cl. The van der Waals surface area contributed by atoms with Gasteiger partial charge in [-0.2, -0.15) is 0 Å². The van der Waals surface area contributed by atoms with Crippen molar-refractivity contribution in [2.24, 2.45) is 0 Å². The summed E-state index contributed by atoms with van der Waals surface area (Å²) in [7, 11) is 0. The summed E-state index contributed by atoms with van der Waals surface area (Å²) in [5, 5.41) is 12.8. The van der Waals surface area contributed by atoms with Crippen LogP contribution in [0.3, 0.4) is 0 Å². The lowest BCUT2D eigenvalue weighted by Gasteiger charge is -2.17. The van der Waals surface area contributed by atoms with Crippen LogP contribution in [0.25, 0.3) is 0 Å². The first-order valence-corrected chi connectivity index (χ1v) is 7.14. The zero-order valence-electron chi connectivity index (χ0n) is 12.0. The van der Waals surface area contributed by atoms with Gasteiger partial charge < -0.3 is 5.32 Å². The summed E-state index contributed by atoms with van der Waals surface area (Å²) in [4.78, 5) is 0. The van der Waals surface area contributed by atoms with E-state index in [1.807, 2.05) is 29.9 Å². The van der Waals surface area contributed by atoms with Gasteiger partial charge in [0.2, 0.25) is 0 Å². The first kappa shape index (κ1) is 15.1. The van der Waals surface area contributed by atoms with Crippen molar-refractivity contribution in [3.8, 4) is 0 Å². The van der Waals surface area contributed by atoms with Crippen molar-refractivity contribution in [2.45, 2.75) is 39.8 Å². The molecule has 0 unspecified atom stereocenters. The Morgan fingerprint density at radius 3 is 2.50 bits per heavy atom. The summed E-state index contributed by atoms with van der Waals surface area (Å²) >= 11 is 12.3. The van der Waals surface area contributed by atoms with E-state index < -0.39 is 0 Å². The molecule has 1 heterocycles. The average molecular weight is 313 g/mol. The lowest BCUT2D eigenvalue weighted by Crippen LogP contribution is -2.22. The average Bonchev–Trinajstić information content (AvgIpc) is 2.80. The normalized spacial score (nSPS) is 11.7. The van der Waals surface area contributed by atoms with Crippen molar-refractivity contribution in [1.29, 1.82) is 0 Å². The number of rotatable bonds is 3. The predicted molar refractivity (Wildman–Crippen MR) is 83.5 cm³/mol. The molecule has 2 aromatic rings. The molecular formula is C14H18Cl2N4. The smallest absolute Gasteiger partial charge is 0.102 e. The summed E-state index contributed by atoms with van der Waals surface area (Å²) in [6.45, 7) is 8.71. The van der Waals surface area contributed by atoms with Crippen molar-refractivity contribution >= 4 is 28.9 Å². The summed E-state index contributed by atoms with van der Waals surface area (Å²) in [6.07, 6.45) is 1.93. The quantitative estimate of drug-likeness (QED) is 0.920. The minimum Gasteiger partial charge on any atom is -0.378 e. The molecule has 0 spiro atoms. The molecule has 20 heavy (non-hydrogen) atoms. The van der Waals surface area contributed by atoms with E-state index in [-0.39, 0.29) is 5.54 Å². The molecule has 0 aliphatic heterocycles. The molecule has 1 aromatic heterocycles. The maximum Gasteiger partial charge on any atom is 0.102 e. The van der Waals surface area contributed by atoms with Crippen LogP contribution in [0, 0.1) is 6.92 Å². The predicted octanol–water partition coefficient (Wildman–Crippen LogP) is 4.26. The van der Waals surface area contributed by atoms with Gasteiger partial charge in [0.05, 0.1) is 29.0 Å². The van der Waals surface area contributed by atoms with Gasteiger partial charge in [-0.3, -0.25) is 0 Å². The number of benzene rings is 1. The Morgan fingerprint density at radius 1 is 1.20 bits per heavy atom. The van der Waals surface area contributed by atoms with Crippen molar-refractivity contribution in [1.82, 2.24) is 15.0 Å². The van der Waals surface area contributed by atoms with Crippen LogP contribution >= 0.6 is 23.2 Å². The van der Waals surface area contributed by atoms with Gasteiger partial charge in [0.1, 0.15) is 5.69 Å². The third kappa shape index (κ3) is 3.44. The second-order valence-electron chi connectivity index (χ2n) is 5.76. The van der Waals surface area contributed by atoms with Crippen LogP contribution in [0.2, 0.25) is 10.0 Å². The molecule has 2 rings (SSSR count). The number of hydrogen-bond acceptors (Lipinski definition) is 3. The van der Waals surface area contributed by atoms with Crippen molar-refractivity contribution < 1.29 is 0 Å². The minimum absolute atomic E-state index is 0.0734. The van der Waals surface area contributed by atoms with Gasteiger partial charge in [0.15, 0.2) is 0 Å². The van der Waals surface area contributed by atoms with E-state index in [1.54, 1.807) is 0 Å². The molecule has 0 fully saturated rings. The molecule has 6 heteroatoms. The first-order chi connectivity index (χ1) is 9.27. The van der Waals surface area contributed by atoms with E-state index in [4.69, 9.17) is 23.2 Å². The van der Waals surface area contributed by atoms with Crippen molar-refractivity contribution in [2.75, 3.05) is 5.32 Å². The molecule has 1 N–H and O–H groups in total. The van der Waals surface area contributed by atoms with Crippen LogP contribution in [0.5, 0.6) is 0 Å². The monoisotopic (exact) mass is 312 g/mol. The Balaban J connectivity index is 2.09. The second kappa shape index (κ2) is 5.62. The van der Waals surface area contributed by atoms with Gasteiger partial charge in [0.25, 0.3) is 0 Å². The number of aromatic nitrogens is 3. The molecule has 0 saturated carbocycles. The zero-order valence-corrected chi connectivity index (χ0v) is 13.5. The number of hydrogen-bond donors (Lipinski definition) is 1. The van der Waals surface area contributed by atoms with Gasteiger partial charge in [-0.15, -0.1) is 5.10 Å². The summed E-state index contributed by atoms with van der Waals surface area (Å²) in [5.41, 5.74) is 2.54. The molecule has 0 aliphatic carbocycles. The third-order valence-electron chi connectivity index (χ3n) is 2.94. The number of aryl methyl sites for hydroxylation is 1. The number of nitrogens with zero attached hydrogens (tertiary/aromatic N) is 3. The van der Waals surface area contributed by atoms with Crippen LogP contribution in [0.1, 0.15) is 32.0 Å². The lowest BCUT2D eigenvalue weighted by molar-refractivity contribution is 0.347. The van der Waals surface area contributed by atoms with Crippen LogP contribution in [-0.4, -0.2) is 15.0 Å². The standard InChI is InChI=1S/C14H18Cl2N4/c1-9-5-12(16)13(6-11(9)15)17-7-10-8-20(19-18-10)14(2,3)4/h5-6,8,17H,7H2,1-4H3. The van der Waals surface area contributed by atoms with E-state index in [9.17, 15) is 0 Å². The fourth-order valence-electron chi connectivity index (χ4n) is 1.67. The maximum absolute atomic E-state index is 6.18. The van der Waals surface area contributed by atoms with Crippen LogP contribution < -0.4 is 5.32 Å². The Bertz CT molecular complexity index is 614. The van der Waals surface area contributed by atoms with E-state index in [0.717, 1.165) is 16.9 Å². The fourth-order valence-corrected chi connectivity index (χ4v) is 2.12. The molecule has 0 atom stereocenters. The third-order valence-corrected chi connectivity index (χ3v) is 3.66. The van der Waals surface area contributed by atoms with E-state index in [0.29, 0.717) is 16.6 Å². The van der Waals surface area contributed by atoms with Gasteiger partial charge in [0, 0.05) is 5.02 Å². The topological polar surface area (TPSA) is 42.7 Å². The minimum atomic E-state index is -0.0734. The summed E-state index contributed by atoms with van der Waals surface area (Å²) < 4.78 is 1.84. The number of halogens is 2. The highest BCUT2D eigenvalue weighted by Gasteiger charge is 2.15. The van der Waals surface area contributed by atoms with Gasteiger partial charge in [-0.05, 0) is 45.4 Å². The Hall–Kier alpha value is -1.26. The zero-order chi connectivity index (χ0) is 14.9. The summed E-state index contributed by atoms with van der Waals surface area (Å²) in [5.74, 6) is 0. The molecule has 0 aliphatic rings. The second-order valence-corrected chi connectivity index (χ2v) is 6.57. The molecule has 1 aromatic carbocycles. The van der Waals surface area contributed by atoms with Gasteiger partial charge in [-0.1, -0.05) is 28.4 Å². The largest absolute Gasteiger partial charge is 0.378 e. The Morgan fingerprint density at radius 2 is 1.90 bits per heavy atom. The highest BCUT2D eigenvalue weighted by atomic mass is 35.5. The van der Waals surface area contributed by atoms with E-state index in [2.05, 4.69) is 36.4 Å². The number of nitrogens with one attached hydrogen (secondary N) is 1. The van der Waals surface area contributed by atoms with Crippen LogP contribution in [-0.2, 0) is 12.1 Å². The number of anilines is 1. The van der Waals surface area contributed by atoms with Gasteiger partial charge >= 0.3 is 0 Å². The molecule has 108 valence electrons. The molecule has 0 bridgehead atoms. The maximum atomic E-state index is 6.18. The summed E-state index contributed by atoms with van der Waals surface area (Å²) in [6, 6.07) is 3.67. The molecule has 4 nitrogen and oxygen atoms in total. The molecular weight excluding hydrogens is 295 g/mol. The highest BCUT2D eigenvalue weighted by Crippen LogP contribution is 2.29. The van der Waals surface area contributed by atoms with Crippen molar-refractivity contribution in [3.63, 3.8) is 0 Å².